The van der Waals surface area contributed by atoms with Gasteiger partial charge < -0.3 is 4.42 Å². The Balaban J connectivity index is 2.17. The van der Waals surface area contributed by atoms with Crippen LogP contribution in [-0.2, 0) is 0 Å². The summed E-state index contributed by atoms with van der Waals surface area (Å²) in [6, 6.07) is 10.8. The normalized spacial score (nSPS) is 10.7. The van der Waals surface area contributed by atoms with Crippen LogP contribution in [0.3, 0.4) is 0 Å². The fourth-order valence-corrected chi connectivity index (χ4v) is 1.83. The molecule has 0 saturated carbocycles. The van der Waals surface area contributed by atoms with Gasteiger partial charge in [0.2, 0.25) is 5.78 Å². The van der Waals surface area contributed by atoms with E-state index < -0.39 is 0 Å². The number of carbonyl (C=O) groups is 1. The van der Waals surface area contributed by atoms with Gasteiger partial charge in [0.05, 0.1) is 23.0 Å². The number of aryl methyl sites for hydroxylation is 1. The van der Waals surface area contributed by atoms with E-state index in [2.05, 4.69) is 9.97 Å². The van der Waals surface area contributed by atoms with Gasteiger partial charge >= 0.3 is 0 Å². The van der Waals surface area contributed by atoms with Crippen LogP contribution in [0.4, 0.5) is 0 Å². The molecule has 0 atom stereocenters. The molecular formula is C14H10N2O2. The van der Waals surface area contributed by atoms with Crippen molar-refractivity contribution in [3.05, 3.63) is 59.8 Å². The molecule has 0 fully saturated rings. The first kappa shape index (κ1) is 10.7. The smallest absolute Gasteiger partial charge is 0.248 e. The molecule has 0 saturated heterocycles. The Bertz CT molecular complexity index is 718. The summed E-state index contributed by atoms with van der Waals surface area (Å²) < 4.78 is 5.10. The molecule has 0 aliphatic carbocycles. The van der Waals surface area contributed by atoms with Crippen molar-refractivity contribution >= 4 is 16.8 Å². The van der Waals surface area contributed by atoms with E-state index in [-0.39, 0.29) is 11.5 Å². The van der Waals surface area contributed by atoms with Crippen LogP contribution in [0.15, 0.2) is 47.1 Å². The molecule has 1 aromatic carbocycles. The van der Waals surface area contributed by atoms with Gasteiger partial charge in [-0.2, -0.15) is 0 Å². The highest BCUT2D eigenvalue weighted by Crippen LogP contribution is 2.15. The SMILES string of the molecule is Cc1nc2ccccc2nc1C(=O)c1ccco1. The van der Waals surface area contributed by atoms with Crippen molar-refractivity contribution in [2.24, 2.45) is 0 Å². The fourth-order valence-electron chi connectivity index (χ4n) is 1.83. The summed E-state index contributed by atoms with van der Waals surface area (Å²) in [6.07, 6.45) is 1.47. The molecule has 0 unspecified atom stereocenters. The van der Waals surface area contributed by atoms with Crippen molar-refractivity contribution in [1.29, 1.82) is 0 Å². The molecule has 0 aliphatic heterocycles. The third kappa shape index (κ3) is 1.68. The average molecular weight is 238 g/mol. The van der Waals surface area contributed by atoms with Crippen molar-refractivity contribution < 1.29 is 9.21 Å². The van der Waals surface area contributed by atoms with Crippen molar-refractivity contribution in [3.8, 4) is 0 Å². The summed E-state index contributed by atoms with van der Waals surface area (Å²) >= 11 is 0. The Labute approximate surface area is 103 Å². The Kier molecular flexibility index (Phi) is 2.41. The monoisotopic (exact) mass is 238 g/mol. The fraction of sp³-hybridized carbons (Fsp3) is 0.0714. The highest BCUT2D eigenvalue weighted by Gasteiger charge is 2.17. The van der Waals surface area contributed by atoms with Crippen molar-refractivity contribution in [2.75, 3.05) is 0 Å². The van der Waals surface area contributed by atoms with Gasteiger partial charge in [-0.05, 0) is 31.2 Å². The van der Waals surface area contributed by atoms with E-state index in [1.54, 1.807) is 19.1 Å². The van der Waals surface area contributed by atoms with Gasteiger partial charge in [0.15, 0.2) is 5.76 Å². The lowest BCUT2D eigenvalue weighted by Gasteiger charge is -2.03. The lowest BCUT2D eigenvalue weighted by molar-refractivity contribution is 0.100. The van der Waals surface area contributed by atoms with Crippen LogP contribution in [0.2, 0.25) is 0 Å². The number of para-hydroxylation sites is 2. The molecule has 3 rings (SSSR count). The summed E-state index contributed by atoms with van der Waals surface area (Å²) in [4.78, 5) is 20.9. The van der Waals surface area contributed by atoms with E-state index in [1.807, 2.05) is 24.3 Å². The van der Waals surface area contributed by atoms with Gasteiger partial charge in [-0.15, -0.1) is 0 Å². The molecular weight excluding hydrogens is 228 g/mol. The van der Waals surface area contributed by atoms with Crippen molar-refractivity contribution in [3.63, 3.8) is 0 Å². The topological polar surface area (TPSA) is 56.0 Å². The highest BCUT2D eigenvalue weighted by atomic mass is 16.3. The molecule has 0 aliphatic rings. The lowest BCUT2D eigenvalue weighted by atomic mass is 10.1. The van der Waals surface area contributed by atoms with Crippen LogP contribution in [0.25, 0.3) is 11.0 Å². The number of hydrogen-bond donors (Lipinski definition) is 0. The van der Waals surface area contributed by atoms with Crippen LogP contribution in [-0.4, -0.2) is 15.8 Å². The van der Waals surface area contributed by atoms with E-state index >= 15 is 0 Å². The molecule has 0 amide bonds. The number of aromatic nitrogens is 2. The molecule has 4 heteroatoms. The van der Waals surface area contributed by atoms with Crippen molar-refractivity contribution in [1.82, 2.24) is 9.97 Å². The highest BCUT2D eigenvalue weighted by molar-refractivity contribution is 6.07. The summed E-state index contributed by atoms with van der Waals surface area (Å²) in [5.74, 6) is 0.0402. The number of carbonyl (C=O) groups excluding carboxylic acids is 1. The molecule has 0 radical (unpaired) electrons. The summed E-state index contributed by atoms with van der Waals surface area (Å²) in [5, 5.41) is 0. The van der Waals surface area contributed by atoms with Gasteiger partial charge in [-0.25, -0.2) is 9.97 Å². The number of nitrogens with zero attached hydrogens (tertiary/aromatic N) is 2. The first-order valence-corrected chi connectivity index (χ1v) is 5.57. The lowest BCUT2D eigenvalue weighted by Crippen LogP contribution is -2.07. The molecule has 0 N–H and O–H groups in total. The van der Waals surface area contributed by atoms with E-state index in [1.165, 1.54) is 6.26 Å². The number of benzene rings is 1. The second-order valence-electron chi connectivity index (χ2n) is 3.95. The predicted molar refractivity (Wildman–Crippen MR) is 66.4 cm³/mol. The molecule has 2 aromatic heterocycles. The van der Waals surface area contributed by atoms with E-state index in [0.717, 1.165) is 5.52 Å². The molecule has 0 spiro atoms. The Morgan fingerprint density at radius 1 is 1.06 bits per heavy atom. The molecule has 3 aromatic rings. The molecule has 0 bridgehead atoms. The van der Waals surface area contributed by atoms with Crippen LogP contribution in [0.5, 0.6) is 0 Å². The second-order valence-corrected chi connectivity index (χ2v) is 3.95. The average Bonchev–Trinajstić information content (AvgIpc) is 2.91. The third-order valence-electron chi connectivity index (χ3n) is 2.70. The largest absolute Gasteiger partial charge is 0.461 e. The molecule has 2 heterocycles. The van der Waals surface area contributed by atoms with E-state index in [9.17, 15) is 4.79 Å². The summed E-state index contributed by atoms with van der Waals surface area (Å²) in [5.41, 5.74) is 2.43. The van der Waals surface area contributed by atoms with Gasteiger partial charge in [0.25, 0.3) is 0 Å². The second kappa shape index (κ2) is 4.07. The first-order valence-electron chi connectivity index (χ1n) is 5.57. The van der Waals surface area contributed by atoms with E-state index in [4.69, 9.17) is 4.42 Å². The van der Waals surface area contributed by atoms with Crippen LogP contribution in [0.1, 0.15) is 21.9 Å². The zero-order valence-corrected chi connectivity index (χ0v) is 9.75. The quantitative estimate of drug-likeness (QED) is 0.644. The maximum absolute atomic E-state index is 12.2. The number of rotatable bonds is 2. The maximum atomic E-state index is 12.2. The Morgan fingerprint density at radius 3 is 2.44 bits per heavy atom. The minimum atomic E-state index is -0.240. The summed E-state index contributed by atoms with van der Waals surface area (Å²) in [6.45, 7) is 1.77. The van der Waals surface area contributed by atoms with E-state index in [0.29, 0.717) is 16.9 Å². The Hall–Kier alpha value is -2.49. The molecule has 4 nitrogen and oxygen atoms in total. The van der Waals surface area contributed by atoms with Crippen LogP contribution >= 0.6 is 0 Å². The minimum Gasteiger partial charge on any atom is -0.461 e. The number of fused-ring (bicyclic) bond motifs is 1. The predicted octanol–water partition coefficient (Wildman–Crippen LogP) is 2.76. The standard InChI is InChI=1S/C14H10N2O2/c1-9-13(14(17)12-7-4-8-18-12)16-11-6-3-2-5-10(11)15-9/h2-8H,1H3. The number of hydrogen-bond acceptors (Lipinski definition) is 4. The number of ketones is 1. The zero-order chi connectivity index (χ0) is 12.5. The first-order chi connectivity index (χ1) is 8.75. The maximum Gasteiger partial charge on any atom is 0.248 e. The molecule has 18 heavy (non-hydrogen) atoms. The van der Waals surface area contributed by atoms with Gasteiger partial charge in [0, 0.05) is 0 Å². The Morgan fingerprint density at radius 2 is 1.78 bits per heavy atom. The van der Waals surface area contributed by atoms with Crippen LogP contribution in [0, 0.1) is 6.92 Å². The van der Waals surface area contributed by atoms with Gasteiger partial charge in [0.1, 0.15) is 5.69 Å². The van der Waals surface area contributed by atoms with Crippen molar-refractivity contribution in [2.45, 2.75) is 6.92 Å². The van der Waals surface area contributed by atoms with Gasteiger partial charge in [-0.1, -0.05) is 12.1 Å². The zero-order valence-electron chi connectivity index (χ0n) is 9.75. The third-order valence-corrected chi connectivity index (χ3v) is 2.70. The van der Waals surface area contributed by atoms with Gasteiger partial charge in [-0.3, -0.25) is 4.79 Å². The number of furan rings is 1. The minimum absolute atomic E-state index is 0.240. The van der Waals surface area contributed by atoms with Crippen LogP contribution < -0.4 is 0 Å². The summed E-state index contributed by atoms with van der Waals surface area (Å²) in [7, 11) is 0. The molecule has 88 valence electrons.